The molecule has 0 saturated carbocycles. The molecule has 0 unspecified atom stereocenters. The molecule has 134 valence electrons. The number of thiophene rings is 1. The van der Waals surface area contributed by atoms with Crippen molar-refractivity contribution in [1.82, 2.24) is 25.4 Å². The van der Waals surface area contributed by atoms with Crippen molar-refractivity contribution in [2.45, 2.75) is 26.3 Å². The highest BCUT2D eigenvalue weighted by Crippen LogP contribution is 2.08. The van der Waals surface area contributed by atoms with E-state index < -0.39 is 0 Å². The zero-order chi connectivity index (χ0) is 16.5. The van der Waals surface area contributed by atoms with Gasteiger partial charge in [-0.1, -0.05) is 6.07 Å². The Morgan fingerprint density at radius 2 is 2.12 bits per heavy atom. The zero-order valence-corrected chi connectivity index (χ0v) is 17.1. The first-order valence-corrected chi connectivity index (χ1v) is 8.54. The van der Waals surface area contributed by atoms with Crippen molar-refractivity contribution >= 4 is 41.3 Å². The van der Waals surface area contributed by atoms with Gasteiger partial charge in [-0.3, -0.25) is 4.39 Å². The predicted molar refractivity (Wildman–Crippen MR) is 107 cm³/mol. The summed E-state index contributed by atoms with van der Waals surface area (Å²) in [6, 6.07) is 4.16. The van der Waals surface area contributed by atoms with Crippen molar-refractivity contribution in [2.24, 2.45) is 12.0 Å². The van der Waals surface area contributed by atoms with Crippen LogP contribution in [0.2, 0.25) is 0 Å². The molecule has 24 heavy (non-hydrogen) atoms. The maximum Gasteiger partial charge on any atom is 0.191 e. The van der Waals surface area contributed by atoms with E-state index in [0.717, 1.165) is 24.6 Å². The monoisotopic (exact) mass is 466 g/mol. The Bertz CT molecular complexity index is 614. The number of hydrogen-bond donors (Lipinski definition) is 2. The van der Waals surface area contributed by atoms with E-state index >= 15 is 0 Å². The highest BCUT2D eigenvalue weighted by molar-refractivity contribution is 14.0. The number of halogens is 2. The van der Waals surface area contributed by atoms with Gasteiger partial charge < -0.3 is 15.2 Å². The van der Waals surface area contributed by atoms with Crippen LogP contribution < -0.4 is 10.6 Å². The number of alkyl halides is 1. The van der Waals surface area contributed by atoms with E-state index in [1.165, 1.54) is 4.88 Å². The fourth-order valence-corrected chi connectivity index (χ4v) is 2.65. The molecule has 0 aliphatic heterocycles. The second kappa shape index (κ2) is 11.3. The molecule has 0 bridgehead atoms. The van der Waals surface area contributed by atoms with Crippen LogP contribution in [0.15, 0.2) is 22.5 Å². The first-order valence-electron chi connectivity index (χ1n) is 7.66. The first kappa shape index (κ1) is 20.8. The minimum Gasteiger partial charge on any atom is -0.356 e. The van der Waals surface area contributed by atoms with Gasteiger partial charge in [0, 0.05) is 25.0 Å². The van der Waals surface area contributed by atoms with Crippen LogP contribution in [-0.2, 0) is 20.0 Å². The van der Waals surface area contributed by atoms with E-state index in [9.17, 15) is 4.39 Å². The molecule has 0 radical (unpaired) electrons. The van der Waals surface area contributed by atoms with Gasteiger partial charge in [0.15, 0.2) is 11.8 Å². The molecule has 0 saturated heterocycles. The topological polar surface area (TPSA) is 67.1 Å². The molecule has 2 heterocycles. The SMILES string of the molecule is Cc1nnc(CN=C(NCCCF)NCCc2cccs2)n1C.I. The molecule has 0 aliphatic rings. The largest absolute Gasteiger partial charge is 0.356 e. The Balaban J connectivity index is 0.00000288. The number of aryl methyl sites for hydroxylation is 1. The molecule has 0 fully saturated rings. The second-order valence-corrected chi connectivity index (χ2v) is 6.14. The van der Waals surface area contributed by atoms with Crippen LogP contribution in [0.4, 0.5) is 4.39 Å². The molecule has 9 heteroatoms. The number of hydrogen-bond acceptors (Lipinski definition) is 4. The molecule has 0 amide bonds. The molecule has 2 N–H and O–H groups in total. The molecule has 0 spiro atoms. The average Bonchev–Trinajstić information content (AvgIpc) is 3.17. The van der Waals surface area contributed by atoms with Crippen molar-refractivity contribution in [2.75, 3.05) is 19.8 Å². The number of rotatable bonds is 8. The maximum absolute atomic E-state index is 12.3. The van der Waals surface area contributed by atoms with Gasteiger partial charge >= 0.3 is 0 Å². The summed E-state index contributed by atoms with van der Waals surface area (Å²) >= 11 is 1.74. The quantitative estimate of drug-likeness (QED) is 0.272. The number of aliphatic imine (C=N–C) groups is 1. The fraction of sp³-hybridized carbons (Fsp3) is 0.533. The normalized spacial score (nSPS) is 11.2. The van der Waals surface area contributed by atoms with E-state index in [4.69, 9.17) is 0 Å². The van der Waals surface area contributed by atoms with Crippen molar-refractivity contribution < 1.29 is 4.39 Å². The molecule has 0 aliphatic carbocycles. The van der Waals surface area contributed by atoms with Crippen LogP contribution in [-0.4, -0.2) is 40.5 Å². The minimum atomic E-state index is -0.335. The zero-order valence-electron chi connectivity index (χ0n) is 14.0. The molecule has 0 atom stereocenters. The van der Waals surface area contributed by atoms with Crippen LogP contribution >= 0.6 is 35.3 Å². The van der Waals surface area contributed by atoms with E-state index in [1.54, 1.807) is 11.3 Å². The summed E-state index contributed by atoms with van der Waals surface area (Å²) in [4.78, 5) is 5.83. The summed E-state index contributed by atoms with van der Waals surface area (Å²) in [5, 5.41) is 16.6. The maximum atomic E-state index is 12.3. The van der Waals surface area contributed by atoms with E-state index in [1.807, 2.05) is 24.6 Å². The minimum absolute atomic E-state index is 0. The molecule has 2 aromatic heterocycles. The molecule has 0 aromatic carbocycles. The summed E-state index contributed by atoms with van der Waals surface area (Å²) in [6.07, 6.45) is 1.40. The summed E-state index contributed by atoms with van der Waals surface area (Å²) in [5.41, 5.74) is 0. The van der Waals surface area contributed by atoms with Crippen molar-refractivity contribution in [3.8, 4) is 0 Å². The third kappa shape index (κ3) is 6.71. The summed E-state index contributed by atoms with van der Waals surface area (Å²) in [6.45, 7) is 3.33. The summed E-state index contributed by atoms with van der Waals surface area (Å²) < 4.78 is 14.2. The second-order valence-electron chi connectivity index (χ2n) is 5.11. The van der Waals surface area contributed by atoms with Crippen LogP contribution in [0.3, 0.4) is 0 Å². The number of nitrogens with zero attached hydrogens (tertiary/aromatic N) is 4. The van der Waals surface area contributed by atoms with Crippen LogP contribution in [0.1, 0.15) is 22.9 Å². The number of guanidine groups is 1. The Hall–Kier alpha value is -1.23. The highest BCUT2D eigenvalue weighted by atomic mass is 127. The third-order valence-corrected chi connectivity index (χ3v) is 4.34. The van der Waals surface area contributed by atoms with Crippen molar-refractivity contribution in [1.29, 1.82) is 0 Å². The van der Waals surface area contributed by atoms with Gasteiger partial charge in [0.25, 0.3) is 0 Å². The fourth-order valence-electron chi connectivity index (χ4n) is 1.95. The van der Waals surface area contributed by atoms with Crippen molar-refractivity contribution in [3.63, 3.8) is 0 Å². The molecular formula is C15H24FIN6S. The van der Waals surface area contributed by atoms with Crippen LogP contribution in [0.25, 0.3) is 0 Å². The first-order chi connectivity index (χ1) is 11.2. The standard InChI is InChI=1S/C15H23FN6S.HI/c1-12-20-21-14(22(12)2)11-19-15(17-8-4-7-16)18-9-6-13-5-3-10-23-13;/h3,5,10H,4,6-9,11H2,1-2H3,(H2,17,18,19);1H. The van der Waals surface area contributed by atoms with Gasteiger partial charge in [-0.2, -0.15) is 0 Å². The lowest BCUT2D eigenvalue weighted by atomic mass is 10.3. The van der Waals surface area contributed by atoms with Gasteiger partial charge in [-0.15, -0.1) is 45.5 Å². The number of nitrogens with one attached hydrogen (secondary N) is 2. The Kier molecular flexibility index (Phi) is 9.84. The summed E-state index contributed by atoms with van der Waals surface area (Å²) in [5.74, 6) is 2.33. The highest BCUT2D eigenvalue weighted by Gasteiger charge is 2.05. The van der Waals surface area contributed by atoms with Gasteiger partial charge in [0.2, 0.25) is 0 Å². The Morgan fingerprint density at radius 3 is 2.75 bits per heavy atom. The molecule has 2 aromatic rings. The van der Waals surface area contributed by atoms with Gasteiger partial charge in [0.05, 0.1) is 6.67 Å². The molecule has 2 rings (SSSR count). The summed E-state index contributed by atoms with van der Waals surface area (Å²) in [7, 11) is 1.92. The lowest BCUT2D eigenvalue weighted by Gasteiger charge is -2.11. The van der Waals surface area contributed by atoms with Gasteiger partial charge in [-0.05, 0) is 31.2 Å². The van der Waals surface area contributed by atoms with Gasteiger partial charge in [-0.25, -0.2) is 4.99 Å². The van der Waals surface area contributed by atoms with Crippen molar-refractivity contribution in [3.05, 3.63) is 34.0 Å². The third-order valence-electron chi connectivity index (χ3n) is 3.41. The van der Waals surface area contributed by atoms with Crippen LogP contribution in [0, 0.1) is 6.92 Å². The smallest absolute Gasteiger partial charge is 0.191 e. The molecule has 6 nitrogen and oxygen atoms in total. The van der Waals surface area contributed by atoms with Crippen LogP contribution in [0.5, 0.6) is 0 Å². The Morgan fingerprint density at radius 1 is 1.33 bits per heavy atom. The van der Waals surface area contributed by atoms with Gasteiger partial charge in [0.1, 0.15) is 12.4 Å². The number of aromatic nitrogens is 3. The van der Waals surface area contributed by atoms with E-state index in [2.05, 4.69) is 37.3 Å². The Labute approximate surface area is 163 Å². The lowest BCUT2D eigenvalue weighted by Crippen LogP contribution is -2.39. The average molecular weight is 466 g/mol. The lowest BCUT2D eigenvalue weighted by molar-refractivity contribution is 0.470. The molecular weight excluding hydrogens is 442 g/mol. The van der Waals surface area contributed by atoms with E-state index in [0.29, 0.717) is 25.5 Å². The predicted octanol–water partition coefficient (Wildman–Crippen LogP) is 2.44. The van der Waals surface area contributed by atoms with E-state index in [-0.39, 0.29) is 30.7 Å².